The summed E-state index contributed by atoms with van der Waals surface area (Å²) in [6.45, 7) is 7.59. The molecule has 0 aliphatic heterocycles. The van der Waals surface area contributed by atoms with Gasteiger partial charge in [-0.05, 0) is 84.1 Å². The van der Waals surface area contributed by atoms with Gasteiger partial charge in [-0.2, -0.15) is 0 Å². The monoisotopic (exact) mass is 721 g/mol. The topological polar surface area (TPSA) is 163 Å². The Hall–Kier alpha value is -4.67. The summed E-state index contributed by atoms with van der Waals surface area (Å²) in [5.74, 6) is 24.8. The highest BCUT2D eigenvalue weighted by molar-refractivity contribution is 5.69. The maximum atomic E-state index is 12.2. The first-order valence-corrected chi connectivity index (χ1v) is 17.9. The third kappa shape index (κ3) is 36.4. The molecule has 0 heterocycles. The molecule has 0 fully saturated rings. The number of carbonyl (C=O) groups excluding carboxylic acids is 1. The van der Waals surface area contributed by atoms with E-state index in [1.54, 1.807) is 0 Å². The van der Waals surface area contributed by atoms with Crippen LogP contribution < -0.4 is 0 Å². The summed E-state index contributed by atoms with van der Waals surface area (Å²) in [6.07, 6.45) is 23.5. The van der Waals surface area contributed by atoms with E-state index < -0.39 is 6.10 Å². The molecule has 51 heavy (non-hydrogen) atoms. The molecular weight excluding hydrogens is 644 g/mol. The van der Waals surface area contributed by atoms with Gasteiger partial charge in [-0.15, -0.1) is 12.8 Å². The molecule has 0 aromatic heterocycles. The Morgan fingerprint density at radius 3 is 1.71 bits per heavy atom. The molecule has 0 spiro atoms. The zero-order valence-corrected chi connectivity index (χ0v) is 30.9. The molecule has 0 saturated heterocycles. The molecule has 0 aliphatic rings. The second-order valence-electron chi connectivity index (χ2n) is 11.4. The number of esters is 1. The standard InChI is InChI=1S/C26H39N3O3.C14H17N3O2.10H2/c1-4-7-9-11-12-13-14-16-18-20-26(30)32-25(19-17-15-10-8-5-2)21-22-31-23-24(6-3)28-29-27;1-3-5-6-7-8-9-14(18)10-11-19-12-13(4-2)16-17-15;;;;;;;;;;/h2,24-25H,4,6-7,9,11-14,16,18-23H2,1,3H3;1,13-14,18H,4,9-12H2,2H3;10*1H/t24-,25+;13-,14+;;;;;;;;;;/m00........../s1. The summed E-state index contributed by atoms with van der Waals surface area (Å²) in [4.78, 5) is 17.8. The first-order chi connectivity index (χ1) is 24.9. The Labute approximate surface area is 321 Å². The number of nitrogens with zero attached hydrogens (tertiary/aromatic N) is 6. The summed E-state index contributed by atoms with van der Waals surface area (Å²) in [6, 6.07) is -0.340. The Kier molecular flexibility index (Phi) is 37.8. The van der Waals surface area contributed by atoms with Crippen molar-refractivity contribution in [3.05, 3.63) is 20.9 Å². The largest absolute Gasteiger partial charge is 0.461 e. The van der Waals surface area contributed by atoms with E-state index in [1.165, 1.54) is 44.9 Å². The zero-order chi connectivity index (χ0) is 38.0. The minimum Gasteiger partial charge on any atom is -0.461 e. The van der Waals surface area contributed by atoms with Crippen LogP contribution in [0.5, 0.6) is 0 Å². The van der Waals surface area contributed by atoms with E-state index in [-0.39, 0.29) is 38.4 Å². The number of terminal acetylenes is 2. The fraction of sp³-hybridized carbons (Fsp3) is 0.675. The lowest BCUT2D eigenvalue weighted by Crippen LogP contribution is -2.21. The first-order valence-electron chi connectivity index (χ1n) is 17.9. The van der Waals surface area contributed by atoms with Gasteiger partial charge in [0.05, 0.1) is 38.0 Å². The number of aliphatic hydroxyl groups excluding tert-OH is 1. The maximum Gasteiger partial charge on any atom is 0.306 e. The maximum absolute atomic E-state index is 12.2. The average molecular weight is 721 g/mol. The van der Waals surface area contributed by atoms with Crippen LogP contribution in [0, 0.1) is 72.1 Å². The van der Waals surface area contributed by atoms with Gasteiger partial charge in [-0.1, -0.05) is 94.2 Å². The Morgan fingerprint density at radius 2 is 1.22 bits per heavy atom. The van der Waals surface area contributed by atoms with Crippen molar-refractivity contribution in [2.45, 2.75) is 148 Å². The Morgan fingerprint density at radius 1 is 0.725 bits per heavy atom. The smallest absolute Gasteiger partial charge is 0.306 e. The van der Waals surface area contributed by atoms with Crippen molar-refractivity contribution in [2.24, 2.45) is 10.2 Å². The van der Waals surface area contributed by atoms with Gasteiger partial charge in [0.15, 0.2) is 0 Å². The van der Waals surface area contributed by atoms with Crippen molar-refractivity contribution < 1.29 is 38.4 Å². The molecule has 0 bridgehead atoms. The van der Waals surface area contributed by atoms with Gasteiger partial charge in [0.1, 0.15) is 6.10 Å². The van der Waals surface area contributed by atoms with Crippen LogP contribution in [-0.2, 0) is 19.0 Å². The highest BCUT2D eigenvalue weighted by atomic mass is 16.5. The predicted molar refractivity (Wildman–Crippen MR) is 224 cm³/mol. The molecule has 11 nitrogen and oxygen atoms in total. The number of azide groups is 2. The minimum atomic E-state index is -0.556. The van der Waals surface area contributed by atoms with Gasteiger partial charge >= 0.3 is 5.97 Å². The zero-order valence-electron chi connectivity index (χ0n) is 30.9. The van der Waals surface area contributed by atoms with E-state index >= 15 is 0 Å². The van der Waals surface area contributed by atoms with Gasteiger partial charge in [-0.25, -0.2) is 0 Å². The summed E-state index contributed by atoms with van der Waals surface area (Å²) in [5, 5.41) is 16.8. The first kappa shape index (κ1) is 48.4. The van der Waals surface area contributed by atoms with Crippen molar-refractivity contribution in [2.75, 3.05) is 26.4 Å². The summed E-state index contributed by atoms with van der Waals surface area (Å²) in [5.41, 5.74) is 16.8. The molecule has 0 saturated carbocycles. The van der Waals surface area contributed by atoms with Crippen LogP contribution in [-0.4, -0.2) is 61.8 Å². The van der Waals surface area contributed by atoms with E-state index in [1.807, 2.05) is 13.8 Å². The van der Waals surface area contributed by atoms with Gasteiger partial charge in [0.2, 0.25) is 0 Å². The second-order valence-corrected chi connectivity index (χ2v) is 11.4. The molecule has 1 N–H and O–H groups in total. The molecule has 296 valence electrons. The third-order valence-corrected chi connectivity index (χ3v) is 7.19. The predicted octanol–water partition coefficient (Wildman–Crippen LogP) is 10.7. The molecule has 0 aromatic rings. The molecule has 0 rings (SSSR count). The Balaban J connectivity index is -0.0000000734. The van der Waals surface area contributed by atoms with E-state index in [0.29, 0.717) is 65.0 Å². The van der Waals surface area contributed by atoms with E-state index in [4.69, 9.17) is 38.1 Å². The lowest BCUT2D eigenvalue weighted by atomic mass is 10.1. The fourth-order valence-electron chi connectivity index (χ4n) is 4.17. The van der Waals surface area contributed by atoms with Crippen molar-refractivity contribution in [3.63, 3.8) is 0 Å². The van der Waals surface area contributed by atoms with E-state index in [2.05, 4.69) is 86.2 Å². The van der Waals surface area contributed by atoms with Crippen LogP contribution in [0.3, 0.4) is 0 Å². The van der Waals surface area contributed by atoms with E-state index in [9.17, 15) is 9.90 Å². The molecule has 0 amide bonds. The SMILES string of the molecule is C#CC#CC#CC[C@@H](O)CCOC[C@H](CC)N=[N+]=[N-].C#CC#CC#CC[C@H](CCOC[C@H](CC)N=[N+]=[N-])OC(=O)CCCCCCCCCCC.[HH].[HH].[HH].[HH].[HH].[HH].[HH].[HH].[HH].[HH]. The molecule has 0 unspecified atom stereocenters. The summed E-state index contributed by atoms with van der Waals surface area (Å²) < 4.78 is 16.5. The van der Waals surface area contributed by atoms with Crippen molar-refractivity contribution in [1.29, 1.82) is 0 Å². The van der Waals surface area contributed by atoms with E-state index in [0.717, 1.165) is 19.3 Å². The molecule has 11 heteroatoms. The number of hydrogen-bond donors (Lipinski definition) is 1. The van der Waals surface area contributed by atoms with Crippen LogP contribution in [0.4, 0.5) is 0 Å². The summed E-state index contributed by atoms with van der Waals surface area (Å²) in [7, 11) is 0. The highest BCUT2D eigenvalue weighted by Gasteiger charge is 2.14. The van der Waals surface area contributed by atoms with Crippen molar-refractivity contribution in [3.8, 4) is 72.1 Å². The highest BCUT2D eigenvalue weighted by Crippen LogP contribution is 2.13. The van der Waals surface area contributed by atoms with Crippen LogP contribution in [0.1, 0.15) is 138 Å². The third-order valence-electron chi connectivity index (χ3n) is 7.19. The van der Waals surface area contributed by atoms with Crippen LogP contribution in [0.15, 0.2) is 10.2 Å². The number of aliphatic hydroxyl groups is 1. The van der Waals surface area contributed by atoms with Gasteiger partial charge in [0.25, 0.3) is 0 Å². The molecule has 0 radical (unpaired) electrons. The van der Waals surface area contributed by atoms with Gasteiger partial charge in [0, 0.05) is 56.4 Å². The van der Waals surface area contributed by atoms with Gasteiger partial charge in [-0.3, -0.25) is 4.79 Å². The van der Waals surface area contributed by atoms with Crippen LogP contribution in [0.25, 0.3) is 20.9 Å². The lowest BCUT2D eigenvalue weighted by Gasteiger charge is -2.16. The molecule has 0 aliphatic carbocycles. The number of rotatable bonds is 27. The lowest BCUT2D eigenvalue weighted by molar-refractivity contribution is -0.149. The number of hydrogen-bond acceptors (Lipinski definition) is 7. The number of ether oxygens (including phenoxy) is 3. The second kappa shape index (κ2) is 39.8. The quantitative estimate of drug-likeness (QED) is 0.0222. The fourth-order valence-corrected chi connectivity index (χ4v) is 4.17. The average Bonchev–Trinajstić information content (AvgIpc) is 3.13. The molecular formula is C40H76N6O5. The summed E-state index contributed by atoms with van der Waals surface area (Å²) >= 11 is 0. The molecule has 4 atom stereocenters. The number of carbonyl (C=O) groups is 1. The van der Waals surface area contributed by atoms with Crippen molar-refractivity contribution in [1.82, 2.24) is 0 Å². The molecule has 0 aromatic carbocycles. The van der Waals surface area contributed by atoms with Crippen molar-refractivity contribution >= 4 is 5.97 Å². The Bertz CT molecular complexity index is 1400. The minimum absolute atomic E-state index is 0. The van der Waals surface area contributed by atoms with Crippen LogP contribution >= 0.6 is 0 Å². The number of unbranched alkanes of at least 4 members (excludes halogenated alkanes) is 8. The van der Waals surface area contributed by atoms with Gasteiger partial charge < -0.3 is 19.3 Å². The normalized spacial score (nSPS) is 11.6. The van der Waals surface area contributed by atoms with Crippen LogP contribution in [0.2, 0.25) is 0 Å².